The van der Waals surface area contributed by atoms with Crippen LogP contribution in [0.3, 0.4) is 0 Å². The number of fused-ring (bicyclic) bond motifs is 2. The van der Waals surface area contributed by atoms with E-state index < -0.39 is 0 Å². The van der Waals surface area contributed by atoms with Crippen LogP contribution in [0, 0.1) is 6.92 Å². The Balaban J connectivity index is 2.15. The topological polar surface area (TPSA) is 34.4 Å². The van der Waals surface area contributed by atoms with E-state index in [4.69, 9.17) is 0 Å². The van der Waals surface area contributed by atoms with Crippen molar-refractivity contribution >= 4 is 43.1 Å². The highest BCUT2D eigenvalue weighted by molar-refractivity contribution is 9.10. The number of benzene rings is 2. The molecule has 3 nitrogen and oxygen atoms in total. The Kier molecular flexibility index (Phi) is 3.13. The van der Waals surface area contributed by atoms with Crippen molar-refractivity contribution in [3.8, 4) is 11.3 Å². The van der Waals surface area contributed by atoms with Crippen molar-refractivity contribution < 1.29 is 0 Å². The molecule has 0 aliphatic rings. The molecule has 2 heterocycles. The fourth-order valence-corrected chi connectivity index (χ4v) is 3.91. The first-order chi connectivity index (χ1) is 10.6. The second-order valence-corrected chi connectivity index (χ2v) is 7.16. The van der Waals surface area contributed by atoms with Gasteiger partial charge in [-0.2, -0.15) is 0 Å². The average Bonchev–Trinajstić information content (AvgIpc) is 2.85. The van der Waals surface area contributed by atoms with E-state index in [2.05, 4.69) is 20.9 Å². The minimum atomic E-state index is -0.0112. The van der Waals surface area contributed by atoms with Gasteiger partial charge in [-0.25, -0.2) is 4.98 Å². The van der Waals surface area contributed by atoms with E-state index in [-0.39, 0.29) is 5.56 Å². The van der Waals surface area contributed by atoms with Gasteiger partial charge in [0.05, 0.1) is 16.6 Å². The third-order valence-corrected chi connectivity index (χ3v) is 5.15. The van der Waals surface area contributed by atoms with E-state index in [0.717, 1.165) is 31.1 Å². The Bertz CT molecular complexity index is 1060. The Hall–Kier alpha value is -1.98. The van der Waals surface area contributed by atoms with E-state index in [9.17, 15) is 4.79 Å². The molecule has 0 amide bonds. The standard InChI is InChI=1S/C17H11BrN2OS/c1-10-15(11-6-8-12(18)9-7-11)20-16(21)13-4-2-3-5-14(13)19-17(20)22-10/h2-9H,1H3. The molecule has 0 radical (unpaired) electrons. The van der Waals surface area contributed by atoms with E-state index in [0.29, 0.717) is 5.39 Å². The first-order valence-electron chi connectivity index (χ1n) is 6.82. The summed E-state index contributed by atoms with van der Waals surface area (Å²) < 4.78 is 2.75. The molecule has 4 rings (SSSR count). The molecule has 0 unspecified atom stereocenters. The molecule has 2 aromatic heterocycles. The van der Waals surface area contributed by atoms with Crippen molar-refractivity contribution in [3.05, 3.63) is 68.2 Å². The number of thiazole rings is 1. The number of rotatable bonds is 1. The highest BCUT2D eigenvalue weighted by Crippen LogP contribution is 2.30. The van der Waals surface area contributed by atoms with Gasteiger partial charge in [-0.05, 0) is 36.8 Å². The van der Waals surface area contributed by atoms with Crippen LogP contribution in [0.2, 0.25) is 0 Å². The summed E-state index contributed by atoms with van der Waals surface area (Å²) in [5.74, 6) is 0. The van der Waals surface area contributed by atoms with Gasteiger partial charge in [-0.1, -0.05) is 40.2 Å². The van der Waals surface area contributed by atoms with Crippen LogP contribution in [0.1, 0.15) is 4.88 Å². The van der Waals surface area contributed by atoms with Crippen LogP contribution in [-0.4, -0.2) is 9.38 Å². The van der Waals surface area contributed by atoms with E-state index in [1.807, 2.05) is 55.5 Å². The Morgan fingerprint density at radius 1 is 1.09 bits per heavy atom. The zero-order valence-electron chi connectivity index (χ0n) is 11.7. The monoisotopic (exact) mass is 370 g/mol. The Morgan fingerprint density at radius 3 is 2.59 bits per heavy atom. The molecule has 22 heavy (non-hydrogen) atoms. The van der Waals surface area contributed by atoms with Crippen LogP contribution in [0.4, 0.5) is 0 Å². The van der Waals surface area contributed by atoms with E-state index >= 15 is 0 Å². The zero-order chi connectivity index (χ0) is 15.3. The molecule has 0 fully saturated rings. The highest BCUT2D eigenvalue weighted by atomic mass is 79.9. The molecule has 0 spiro atoms. The predicted octanol–water partition coefficient (Wildman–Crippen LogP) is 4.65. The van der Waals surface area contributed by atoms with Gasteiger partial charge in [-0.15, -0.1) is 11.3 Å². The molecule has 108 valence electrons. The summed E-state index contributed by atoms with van der Waals surface area (Å²) in [5, 5.41) is 0.649. The summed E-state index contributed by atoms with van der Waals surface area (Å²) in [6.07, 6.45) is 0. The summed E-state index contributed by atoms with van der Waals surface area (Å²) in [5.41, 5.74) is 2.68. The summed E-state index contributed by atoms with van der Waals surface area (Å²) in [6.45, 7) is 2.03. The van der Waals surface area contributed by atoms with Gasteiger partial charge in [0.15, 0.2) is 4.96 Å². The maximum Gasteiger partial charge on any atom is 0.266 e. The first-order valence-corrected chi connectivity index (χ1v) is 8.43. The number of hydrogen-bond donors (Lipinski definition) is 0. The molecular formula is C17H11BrN2OS. The zero-order valence-corrected chi connectivity index (χ0v) is 14.1. The summed E-state index contributed by atoms with van der Waals surface area (Å²) in [7, 11) is 0. The lowest BCUT2D eigenvalue weighted by Gasteiger charge is -2.04. The van der Waals surface area contributed by atoms with Crippen LogP contribution in [0.25, 0.3) is 27.1 Å². The maximum absolute atomic E-state index is 12.9. The normalized spacial score (nSPS) is 11.4. The molecule has 0 atom stereocenters. The minimum absolute atomic E-state index is 0.0112. The third-order valence-electron chi connectivity index (χ3n) is 3.66. The molecule has 0 bridgehead atoms. The molecule has 0 aliphatic carbocycles. The lowest BCUT2D eigenvalue weighted by atomic mass is 10.1. The third kappa shape index (κ3) is 2.01. The van der Waals surface area contributed by atoms with Gasteiger partial charge in [0.1, 0.15) is 0 Å². The average molecular weight is 371 g/mol. The van der Waals surface area contributed by atoms with Crippen molar-refractivity contribution in [3.63, 3.8) is 0 Å². The molecule has 2 aromatic carbocycles. The van der Waals surface area contributed by atoms with Gasteiger partial charge in [-0.3, -0.25) is 9.20 Å². The first kappa shape index (κ1) is 13.7. The lowest BCUT2D eigenvalue weighted by Crippen LogP contribution is -2.14. The van der Waals surface area contributed by atoms with Crippen LogP contribution in [-0.2, 0) is 0 Å². The van der Waals surface area contributed by atoms with Crippen molar-refractivity contribution in [2.45, 2.75) is 6.92 Å². The second kappa shape index (κ2) is 5.04. The Morgan fingerprint density at radius 2 is 1.82 bits per heavy atom. The predicted molar refractivity (Wildman–Crippen MR) is 94.7 cm³/mol. The molecule has 5 heteroatoms. The SMILES string of the molecule is Cc1sc2nc3ccccc3c(=O)n2c1-c1ccc(Br)cc1. The Labute approximate surface area is 139 Å². The van der Waals surface area contributed by atoms with Crippen LogP contribution >= 0.6 is 27.3 Å². The van der Waals surface area contributed by atoms with Crippen molar-refractivity contribution in [1.82, 2.24) is 9.38 Å². The summed E-state index contributed by atoms with van der Waals surface area (Å²) >= 11 is 4.99. The number of nitrogens with zero attached hydrogens (tertiary/aromatic N) is 2. The van der Waals surface area contributed by atoms with Crippen molar-refractivity contribution in [2.75, 3.05) is 0 Å². The van der Waals surface area contributed by atoms with Crippen LogP contribution in [0.5, 0.6) is 0 Å². The molecular weight excluding hydrogens is 360 g/mol. The fourth-order valence-electron chi connectivity index (χ4n) is 2.66. The number of halogens is 1. The smallest absolute Gasteiger partial charge is 0.266 e. The lowest BCUT2D eigenvalue weighted by molar-refractivity contribution is 1.11. The van der Waals surface area contributed by atoms with Crippen molar-refractivity contribution in [1.29, 1.82) is 0 Å². The molecule has 4 aromatic rings. The fraction of sp³-hybridized carbons (Fsp3) is 0.0588. The van der Waals surface area contributed by atoms with Gasteiger partial charge < -0.3 is 0 Å². The number of aryl methyl sites for hydroxylation is 1. The minimum Gasteiger partial charge on any atom is -0.268 e. The van der Waals surface area contributed by atoms with Gasteiger partial charge in [0.25, 0.3) is 5.56 Å². The quantitative estimate of drug-likeness (QED) is 0.488. The highest BCUT2D eigenvalue weighted by Gasteiger charge is 2.15. The largest absolute Gasteiger partial charge is 0.268 e. The molecule has 0 N–H and O–H groups in total. The van der Waals surface area contributed by atoms with E-state index in [1.54, 1.807) is 15.7 Å². The van der Waals surface area contributed by atoms with Gasteiger partial charge in [0.2, 0.25) is 0 Å². The molecule has 0 saturated carbocycles. The van der Waals surface area contributed by atoms with Crippen molar-refractivity contribution in [2.24, 2.45) is 0 Å². The van der Waals surface area contributed by atoms with Gasteiger partial charge >= 0.3 is 0 Å². The summed E-state index contributed by atoms with van der Waals surface area (Å²) in [4.78, 5) is 19.3. The molecule has 0 aliphatic heterocycles. The summed E-state index contributed by atoms with van der Waals surface area (Å²) in [6, 6.07) is 15.5. The second-order valence-electron chi connectivity index (χ2n) is 5.07. The van der Waals surface area contributed by atoms with Crippen LogP contribution < -0.4 is 5.56 Å². The van der Waals surface area contributed by atoms with Gasteiger partial charge in [0, 0.05) is 9.35 Å². The number of aromatic nitrogens is 2. The number of para-hydroxylation sites is 1. The van der Waals surface area contributed by atoms with E-state index in [1.165, 1.54) is 0 Å². The molecule has 0 saturated heterocycles. The maximum atomic E-state index is 12.9. The number of hydrogen-bond acceptors (Lipinski definition) is 3. The van der Waals surface area contributed by atoms with Crippen LogP contribution in [0.15, 0.2) is 57.8 Å².